The molecule has 0 aromatic carbocycles. The van der Waals surface area contributed by atoms with Gasteiger partial charge in [-0.1, -0.05) is 39.5 Å². The van der Waals surface area contributed by atoms with E-state index >= 15 is 0 Å². The molecule has 102 valence electrons. The number of carbonyl (C=O) groups excluding carboxylic acids is 1. The van der Waals surface area contributed by atoms with E-state index in [1.165, 1.54) is 37.0 Å². The van der Waals surface area contributed by atoms with Crippen LogP contribution in [-0.2, 0) is 12.8 Å². The van der Waals surface area contributed by atoms with E-state index in [0.717, 1.165) is 36.4 Å². The molecule has 0 unspecified atom stereocenters. The van der Waals surface area contributed by atoms with Crippen molar-refractivity contribution in [2.45, 2.75) is 65.2 Å². The number of nitrogens with zero attached hydrogens (tertiary/aromatic N) is 1. The second kappa shape index (κ2) is 8.25. The number of nitrogens with two attached hydrogens (primary N) is 1. The number of primary amides is 1. The van der Waals surface area contributed by atoms with Crippen LogP contribution >= 0.6 is 11.3 Å². The van der Waals surface area contributed by atoms with Crippen LogP contribution in [0.5, 0.6) is 0 Å². The van der Waals surface area contributed by atoms with Crippen molar-refractivity contribution in [2.24, 2.45) is 5.73 Å². The van der Waals surface area contributed by atoms with Gasteiger partial charge in [-0.05, 0) is 25.7 Å². The Kier molecular flexibility index (Phi) is 6.94. The molecule has 18 heavy (non-hydrogen) atoms. The maximum absolute atomic E-state index is 11.4. The molecule has 0 aliphatic carbocycles. The van der Waals surface area contributed by atoms with Gasteiger partial charge >= 0.3 is 0 Å². The van der Waals surface area contributed by atoms with Gasteiger partial charge in [-0.3, -0.25) is 4.79 Å². The number of amides is 1. The predicted octanol–water partition coefficient (Wildman–Crippen LogP) is 3.71. The zero-order valence-corrected chi connectivity index (χ0v) is 12.3. The van der Waals surface area contributed by atoms with Crippen molar-refractivity contribution in [3.05, 3.63) is 15.6 Å². The number of carbonyl (C=O) groups is 1. The van der Waals surface area contributed by atoms with Crippen molar-refractivity contribution in [2.75, 3.05) is 0 Å². The highest BCUT2D eigenvalue weighted by Gasteiger charge is 2.14. The number of unbranched alkanes of at least 4 members (excludes halogenated alkanes) is 4. The van der Waals surface area contributed by atoms with Crippen molar-refractivity contribution < 1.29 is 4.79 Å². The molecule has 1 heterocycles. The molecule has 0 saturated heterocycles. The van der Waals surface area contributed by atoms with Crippen molar-refractivity contribution in [3.8, 4) is 0 Å². The first-order chi connectivity index (χ1) is 8.69. The first-order valence-electron chi connectivity index (χ1n) is 6.97. The Labute approximate surface area is 114 Å². The molecular weight excluding hydrogens is 244 g/mol. The van der Waals surface area contributed by atoms with E-state index in [1.807, 2.05) is 0 Å². The molecule has 1 aromatic heterocycles. The van der Waals surface area contributed by atoms with Crippen molar-refractivity contribution in [1.29, 1.82) is 0 Å². The lowest BCUT2D eigenvalue weighted by atomic mass is 10.1. The van der Waals surface area contributed by atoms with Crippen LogP contribution in [0.15, 0.2) is 0 Å². The second-order valence-electron chi connectivity index (χ2n) is 4.66. The summed E-state index contributed by atoms with van der Waals surface area (Å²) < 4.78 is 0. The van der Waals surface area contributed by atoms with Gasteiger partial charge in [0.2, 0.25) is 0 Å². The van der Waals surface area contributed by atoms with Crippen LogP contribution in [0, 0.1) is 0 Å². The molecule has 1 rings (SSSR count). The molecule has 0 fully saturated rings. The lowest BCUT2D eigenvalue weighted by Gasteiger charge is -1.98. The molecule has 2 N–H and O–H groups in total. The Balaban J connectivity index is 2.64. The van der Waals surface area contributed by atoms with Gasteiger partial charge in [0.1, 0.15) is 4.88 Å². The maximum Gasteiger partial charge on any atom is 0.260 e. The number of aryl methyl sites for hydroxylation is 2. The quantitative estimate of drug-likeness (QED) is 0.694. The Morgan fingerprint density at radius 2 is 1.72 bits per heavy atom. The predicted molar refractivity (Wildman–Crippen MR) is 77.1 cm³/mol. The Morgan fingerprint density at radius 3 is 2.28 bits per heavy atom. The zero-order chi connectivity index (χ0) is 13.4. The molecule has 4 heteroatoms. The van der Waals surface area contributed by atoms with Gasteiger partial charge in [-0.25, -0.2) is 4.98 Å². The van der Waals surface area contributed by atoms with E-state index in [2.05, 4.69) is 18.8 Å². The summed E-state index contributed by atoms with van der Waals surface area (Å²) in [6, 6.07) is 0. The fourth-order valence-corrected chi connectivity index (χ4v) is 2.94. The Morgan fingerprint density at radius 1 is 1.11 bits per heavy atom. The molecule has 0 radical (unpaired) electrons. The van der Waals surface area contributed by atoms with E-state index in [9.17, 15) is 4.79 Å². The van der Waals surface area contributed by atoms with Crippen LogP contribution in [0.4, 0.5) is 0 Å². The highest BCUT2D eigenvalue weighted by molar-refractivity contribution is 7.13. The van der Waals surface area contributed by atoms with Gasteiger partial charge in [0, 0.05) is 0 Å². The largest absolute Gasteiger partial charge is 0.365 e. The van der Waals surface area contributed by atoms with E-state index in [4.69, 9.17) is 5.73 Å². The Hall–Kier alpha value is -0.900. The second-order valence-corrected chi connectivity index (χ2v) is 5.75. The molecule has 0 aliphatic heterocycles. The SMILES string of the molecule is CCCCCc1nc(CCCCC)c(C(N)=O)s1. The van der Waals surface area contributed by atoms with Crippen LogP contribution < -0.4 is 5.73 Å². The van der Waals surface area contributed by atoms with Crippen LogP contribution in [-0.4, -0.2) is 10.9 Å². The van der Waals surface area contributed by atoms with Gasteiger partial charge in [0.25, 0.3) is 5.91 Å². The van der Waals surface area contributed by atoms with Gasteiger partial charge in [0.15, 0.2) is 0 Å². The summed E-state index contributed by atoms with van der Waals surface area (Å²) in [7, 11) is 0. The van der Waals surface area contributed by atoms with Crippen LogP contribution in [0.3, 0.4) is 0 Å². The smallest absolute Gasteiger partial charge is 0.260 e. The number of hydrogen-bond donors (Lipinski definition) is 1. The summed E-state index contributed by atoms with van der Waals surface area (Å²) in [6.45, 7) is 4.36. The van der Waals surface area contributed by atoms with Crippen LogP contribution in [0.1, 0.15) is 72.7 Å². The van der Waals surface area contributed by atoms with Crippen molar-refractivity contribution in [3.63, 3.8) is 0 Å². The van der Waals surface area contributed by atoms with E-state index in [-0.39, 0.29) is 5.91 Å². The molecule has 0 atom stereocenters. The van der Waals surface area contributed by atoms with Crippen molar-refractivity contribution in [1.82, 2.24) is 4.98 Å². The third-order valence-corrected chi connectivity index (χ3v) is 4.15. The van der Waals surface area contributed by atoms with E-state index in [0.29, 0.717) is 4.88 Å². The van der Waals surface area contributed by atoms with E-state index in [1.54, 1.807) is 0 Å². The van der Waals surface area contributed by atoms with Crippen molar-refractivity contribution >= 4 is 17.2 Å². The summed E-state index contributed by atoms with van der Waals surface area (Å²) in [4.78, 5) is 16.7. The molecule has 0 aliphatic rings. The summed E-state index contributed by atoms with van der Waals surface area (Å²) >= 11 is 1.49. The molecule has 1 aromatic rings. The minimum atomic E-state index is -0.319. The highest BCUT2D eigenvalue weighted by Crippen LogP contribution is 2.22. The lowest BCUT2D eigenvalue weighted by Crippen LogP contribution is -2.11. The maximum atomic E-state index is 11.4. The van der Waals surface area contributed by atoms with Gasteiger partial charge in [-0.2, -0.15) is 0 Å². The number of thiazole rings is 1. The van der Waals surface area contributed by atoms with Gasteiger partial charge in [0.05, 0.1) is 10.7 Å². The normalized spacial score (nSPS) is 10.8. The van der Waals surface area contributed by atoms with Gasteiger partial charge in [-0.15, -0.1) is 11.3 Å². The monoisotopic (exact) mass is 268 g/mol. The molecule has 1 amide bonds. The van der Waals surface area contributed by atoms with Crippen LogP contribution in [0.25, 0.3) is 0 Å². The highest BCUT2D eigenvalue weighted by atomic mass is 32.1. The molecular formula is C14H24N2OS. The first-order valence-corrected chi connectivity index (χ1v) is 7.79. The van der Waals surface area contributed by atoms with E-state index < -0.39 is 0 Å². The summed E-state index contributed by atoms with van der Waals surface area (Å²) in [5.41, 5.74) is 6.34. The fourth-order valence-electron chi connectivity index (χ4n) is 1.94. The summed E-state index contributed by atoms with van der Waals surface area (Å²) in [5.74, 6) is -0.319. The topological polar surface area (TPSA) is 56.0 Å². The molecule has 0 bridgehead atoms. The lowest BCUT2D eigenvalue weighted by molar-refractivity contribution is 0.100. The fraction of sp³-hybridized carbons (Fsp3) is 0.714. The third-order valence-electron chi connectivity index (χ3n) is 2.98. The Bertz CT molecular complexity index is 374. The number of aromatic nitrogens is 1. The standard InChI is InChI=1S/C14H24N2OS/c1-3-5-7-9-11-13(14(15)17)18-12(16-11)10-8-6-4-2/h3-10H2,1-2H3,(H2,15,17). The average molecular weight is 268 g/mol. The summed E-state index contributed by atoms with van der Waals surface area (Å²) in [5, 5.41) is 1.07. The summed E-state index contributed by atoms with van der Waals surface area (Å²) in [6.07, 6.45) is 8.89. The average Bonchev–Trinajstić information content (AvgIpc) is 2.73. The van der Waals surface area contributed by atoms with Crippen LogP contribution in [0.2, 0.25) is 0 Å². The first kappa shape index (κ1) is 15.2. The minimum absolute atomic E-state index is 0.319. The molecule has 0 saturated carbocycles. The molecule has 3 nitrogen and oxygen atoms in total. The minimum Gasteiger partial charge on any atom is -0.365 e. The third kappa shape index (κ3) is 4.77. The number of rotatable bonds is 9. The molecule has 0 spiro atoms. The van der Waals surface area contributed by atoms with Gasteiger partial charge < -0.3 is 5.73 Å². The number of hydrogen-bond acceptors (Lipinski definition) is 3. The zero-order valence-electron chi connectivity index (χ0n) is 11.5.